The van der Waals surface area contributed by atoms with Crippen LogP contribution in [0.4, 0.5) is 11.4 Å². The van der Waals surface area contributed by atoms with Crippen LogP contribution in [0, 0.1) is 5.92 Å². The van der Waals surface area contributed by atoms with Crippen LogP contribution in [0.3, 0.4) is 0 Å². The number of methoxy groups -OCH3 is 1. The number of ether oxygens (including phenoxy) is 1. The first-order valence-corrected chi connectivity index (χ1v) is 8.44. The Morgan fingerprint density at radius 2 is 1.92 bits per heavy atom. The molecule has 7 heteroatoms. The Bertz CT molecular complexity index is 808. The minimum atomic E-state index is -0.443. The number of benzene rings is 2. The summed E-state index contributed by atoms with van der Waals surface area (Å²) in [6, 6.07) is 12.0. The van der Waals surface area contributed by atoms with Gasteiger partial charge < -0.3 is 15.0 Å². The second-order valence-corrected chi connectivity index (χ2v) is 6.56. The number of carbonyl (C=O) groups is 2. The smallest absolute Gasteiger partial charge is 0.229 e. The van der Waals surface area contributed by atoms with Gasteiger partial charge in [0.2, 0.25) is 11.8 Å². The van der Waals surface area contributed by atoms with Crippen LogP contribution in [-0.2, 0) is 9.59 Å². The third-order valence-electron chi connectivity index (χ3n) is 4.07. The average molecular weight is 379 g/mol. The van der Waals surface area contributed by atoms with Gasteiger partial charge in [-0.25, -0.2) is 0 Å². The molecule has 0 spiro atoms. The molecule has 1 atom stereocenters. The lowest BCUT2D eigenvalue weighted by atomic mass is 10.1. The van der Waals surface area contributed by atoms with E-state index in [1.165, 1.54) is 0 Å². The number of anilines is 2. The van der Waals surface area contributed by atoms with Gasteiger partial charge in [0.1, 0.15) is 5.75 Å². The standard InChI is InChI=1S/C18H16Cl2N2O3/c1-25-14-5-3-13(4-6-14)22-10-11(8-17(22)23)18(24)21-16-7-2-12(19)9-15(16)20/h2-7,9,11H,8,10H2,1H3,(H,21,24)/t11-/m1/s1. The fraction of sp³-hybridized carbons (Fsp3) is 0.222. The van der Waals surface area contributed by atoms with E-state index >= 15 is 0 Å². The first-order chi connectivity index (χ1) is 12.0. The Morgan fingerprint density at radius 3 is 2.56 bits per heavy atom. The number of halogens is 2. The fourth-order valence-corrected chi connectivity index (χ4v) is 3.18. The van der Waals surface area contributed by atoms with Crippen molar-refractivity contribution in [1.82, 2.24) is 0 Å². The molecular formula is C18H16Cl2N2O3. The van der Waals surface area contributed by atoms with Gasteiger partial charge in [-0.2, -0.15) is 0 Å². The van der Waals surface area contributed by atoms with Gasteiger partial charge in [-0.05, 0) is 42.5 Å². The highest BCUT2D eigenvalue weighted by Gasteiger charge is 2.35. The highest BCUT2D eigenvalue weighted by molar-refractivity contribution is 6.36. The number of nitrogens with one attached hydrogen (secondary N) is 1. The zero-order valence-corrected chi connectivity index (χ0v) is 15.0. The number of carbonyl (C=O) groups excluding carboxylic acids is 2. The molecule has 2 amide bonds. The van der Waals surface area contributed by atoms with Crippen LogP contribution in [0.2, 0.25) is 10.0 Å². The van der Waals surface area contributed by atoms with E-state index in [1.54, 1.807) is 54.5 Å². The second-order valence-electron chi connectivity index (χ2n) is 5.72. The van der Waals surface area contributed by atoms with Crippen LogP contribution in [0.5, 0.6) is 5.75 Å². The molecule has 1 aliphatic heterocycles. The molecule has 5 nitrogen and oxygen atoms in total. The molecule has 0 saturated carbocycles. The van der Waals surface area contributed by atoms with E-state index in [2.05, 4.69) is 5.32 Å². The normalized spacial score (nSPS) is 16.8. The van der Waals surface area contributed by atoms with E-state index < -0.39 is 5.92 Å². The van der Waals surface area contributed by atoms with Crippen molar-refractivity contribution < 1.29 is 14.3 Å². The van der Waals surface area contributed by atoms with Crippen molar-refractivity contribution in [3.8, 4) is 5.75 Å². The van der Waals surface area contributed by atoms with Gasteiger partial charge in [0.05, 0.1) is 23.7 Å². The van der Waals surface area contributed by atoms with Crippen LogP contribution < -0.4 is 15.0 Å². The highest BCUT2D eigenvalue weighted by Crippen LogP contribution is 2.29. The molecule has 1 heterocycles. The highest BCUT2D eigenvalue weighted by atomic mass is 35.5. The third kappa shape index (κ3) is 3.89. The molecule has 1 N–H and O–H groups in total. The van der Waals surface area contributed by atoms with Crippen LogP contribution in [-0.4, -0.2) is 25.5 Å². The van der Waals surface area contributed by atoms with Crippen molar-refractivity contribution in [2.45, 2.75) is 6.42 Å². The van der Waals surface area contributed by atoms with Crippen LogP contribution >= 0.6 is 23.2 Å². The summed E-state index contributed by atoms with van der Waals surface area (Å²) in [6.45, 7) is 0.322. The largest absolute Gasteiger partial charge is 0.497 e. The van der Waals surface area contributed by atoms with E-state index in [0.717, 1.165) is 5.69 Å². The molecule has 130 valence electrons. The third-order valence-corrected chi connectivity index (χ3v) is 4.62. The average Bonchev–Trinajstić information content (AvgIpc) is 2.99. The maximum Gasteiger partial charge on any atom is 0.229 e. The summed E-state index contributed by atoms with van der Waals surface area (Å²) in [4.78, 5) is 26.4. The lowest BCUT2D eigenvalue weighted by Crippen LogP contribution is -2.28. The molecule has 0 bridgehead atoms. The monoisotopic (exact) mass is 378 g/mol. The number of nitrogens with zero attached hydrogens (tertiary/aromatic N) is 1. The SMILES string of the molecule is COc1ccc(N2C[C@H](C(=O)Nc3ccc(Cl)cc3Cl)CC2=O)cc1. The minimum Gasteiger partial charge on any atom is -0.497 e. The van der Waals surface area contributed by atoms with Crippen molar-refractivity contribution in [1.29, 1.82) is 0 Å². The van der Waals surface area contributed by atoms with E-state index in [-0.39, 0.29) is 18.2 Å². The van der Waals surface area contributed by atoms with Gasteiger partial charge in [-0.1, -0.05) is 23.2 Å². The maximum absolute atomic E-state index is 12.5. The zero-order valence-electron chi connectivity index (χ0n) is 13.5. The molecule has 3 rings (SSSR count). The van der Waals surface area contributed by atoms with E-state index in [0.29, 0.717) is 28.0 Å². The zero-order chi connectivity index (χ0) is 18.0. The molecule has 1 fully saturated rings. The van der Waals surface area contributed by atoms with Crippen molar-refractivity contribution in [3.63, 3.8) is 0 Å². The quantitative estimate of drug-likeness (QED) is 0.874. The molecule has 0 radical (unpaired) electrons. The lowest BCUT2D eigenvalue weighted by molar-refractivity contribution is -0.122. The van der Waals surface area contributed by atoms with Crippen molar-refractivity contribution in [2.24, 2.45) is 5.92 Å². The van der Waals surface area contributed by atoms with Gasteiger partial charge in [0.15, 0.2) is 0 Å². The minimum absolute atomic E-state index is 0.0903. The molecule has 0 aliphatic carbocycles. The van der Waals surface area contributed by atoms with Gasteiger partial charge in [-0.15, -0.1) is 0 Å². The molecule has 1 saturated heterocycles. The summed E-state index contributed by atoms with van der Waals surface area (Å²) in [6.07, 6.45) is 0.156. The summed E-state index contributed by atoms with van der Waals surface area (Å²) in [5.74, 6) is -0.0653. The maximum atomic E-state index is 12.5. The molecule has 1 aliphatic rings. The molecule has 2 aromatic rings. The summed E-state index contributed by atoms with van der Waals surface area (Å²) in [5.41, 5.74) is 1.22. The summed E-state index contributed by atoms with van der Waals surface area (Å²) < 4.78 is 5.11. The summed E-state index contributed by atoms with van der Waals surface area (Å²) in [7, 11) is 1.58. The number of rotatable bonds is 4. The predicted octanol–water partition coefficient (Wildman–Crippen LogP) is 3.99. The van der Waals surface area contributed by atoms with E-state index in [4.69, 9.17) is 27.9 Å². The summed E-state index contributed by atoms with van der Waals surface area (Å²) >= 11 is 11.9. The molecule has 0 unspecified atom stereocenters. The second kappa shape index (κ2) is 7.33. The van der Waals surface area contributed by atoms with Crippen molar-refractivity contribution in [3.05, 3.63) is 52.5 Å². The topological polar surface area (TPSA) is 58.6 Å². The van der Waals surface area contributed by atoms with Gasteiger partial charge in [-0.3, -0.25) is 9.59 Å². The predicted molar refractivity (Wildman–Crippen MR) is 98.5 cm³/mol. The van der Waals surface area contributed by atoms with Crippen molar-refractivity contribution >= 4 is 46.4 Å². The fourth-order valence-electron chi connectivity index (χ4n) is 2.72. The molecule has 25 heavy (non-hydrogen) atoms. The van der Waals surface area contributed by atoms with Crippen LogP contribution in [0.1, 0.15) is 6.42 Å². The lowest BCUT2D eigenvalue weighted by Gasteiger charge is -2.17. The van der Waals surface area contributed by atoms with Crippen LogP contribution in [0.15, 0.2) is 42.5 Å². The Morgan fingerprint density at radius 1 is 1.20 bits per heavy atom. The van der Waals surface area contributed by atoms with Gasteiger partial charge >= 0.3 is 0 Å². The summed E-state index contributed by atoms with van der Waals surface area (Å²) in [5, 5.41) is 3.61. The Hall–Kier alpha value is -2.24. The number of amides is 2. The van der Waals surface area contributed by atoms with E-state index in [9.17, 15) is 9.59 Å². The molecule has 2 aromatic carbocycles. The van der Waals surface area contributed by atoms with Gasteiger partial charge in [0, 0.05) is 23.7 Å². The first kappa shape index (κ1) is 17.6. The Balaban J connectivity index is 1.69. The Labute approximate surface area is 155 Å². The van der Waals surface area contributed by atoms with Crippen molar-refractivity contribution in [2.75, 3.05) is 23.9 Å². The number of hydrogen-bond acceptors (Lipinski definition) is 3. The first-order valence-electron chi connectivity index (χ1n) is 7.68. The molecule has 0 aromatic heterocycles. The van der Waals surface area contributed by atoms with Crippen LogP contribution in [0.25, 0.3) is 0 Å². The van der Waals surface area contributed by atoms with Gasteiger partial charge in [0.25, 0.3) is 0 Å². The Kier molecular flexibility index (Phi) is 5.16. The van der Waals surface area contributed by atoms with E-state index in [1.807, 2.05) is 0 Å². The molecular weight excluding hydrogens is 363 g/mol. The number of hydrogen-bond donors (Lipinski definition) is 1.